The van der Waals surface area contributed by atoms with E-state index in [0.29, 0.717) is 20.8 Å². The molecule has 10 nitrogen and oxygen atoms in total. The molecule has 2 atom stereocenters. The number of aromatic nitrogens is 3. The van der Waals surface area contributed by atoms with Crippen molar-refractivity contribution in [1.82, 2.24) is 14.5 Å². The summed E-state index contributed by atoms with van der Waals surface area (Å²) in [7, 11) is -4.19. The first-order chi connectivity index (χ1) is 17.4. The summed E-state index contributed by atoms with van der Waals surface area (Å²) in [6, 6.07) is 8.33. The van der Waals surface area contributed by atoms with E-state index in [1.165, 1.54) is 0 Å². The summed E-state index contributed by atoms with van der Waals surface area (Å²) in [6.07, 6.45) is 0.806. The van der Waals surface area contributed by atoms with Crippen LogP contribution in [0, 0.1) is 5.41 Å². The number of anilines is 2. The van der Waals surface area contributed by atoms with Crippen LogP contribution in [0.15, 0.2) is 36.5 Å². The molecule has 0 aliphatic carbocycles. The molecular formula is C23H25Cl3N5O5P. The van der Waals surface area contributed by atoms with Gasteiger partial charge in [-0.2, -0.15) is 0 Å². The first-order valence-electron chi connectivity index (χ1n) is 11.2. The molecule has 0 amide bonds. The molecule has 3 N–H and O–H groups in total. The fourth-order valence-electron chi connectivity index (χ4n) is 3.75. The number of nitrogens with zero attached hydrogens (tertiary/aromatic N) is 3. The molecule has 0 radical (unpaired) electrons. The van der Waals surface area contributed by atoms with Gasteiger partial charge in [0.2, 0.25) is 0 Å². The van der Waals surface area contributed by atoms with Gasteiger partial charge >= 0.3 is 13.7 Å². The fourth-order valence-corrected chi connectivity index (χ4v) is 6.36. The summed E-state index contributed by atoms with van der Waals surface area (Å²) in [5, 5.41) is 8.47. The Morgan fingerprint density at radius 1 is 1.30 bits per heavy atom. The summed E-state index contributed by atoms with van der Waals surface area (Å²) < 4.78 is 31.9. The zero-order valence-electron chi connectivity index (χ0n) is 20.2. The Balaban J connectivity index is 1.72. The topological polar surface area (TPSA) is 131 Å². The molecule has 2 aromatic heterocycles. The molecule has 37 heavy (non-hydrogen) atoms. The van der Waals surface area contributed by atoms with Gasteiger partial charge in [-0.3, -0.25) is 9.05 Å². The normalized spacial score (nSPS) is 21.0. The third-order valence-electron chi connectivity index (χ3n) is 5.66. The van der Waals surface area contributed by atoms with Crippen molar-refractivity contribution in [3.05, 3.63) is 68.4 Å². The first-order valence-corrected chi connectivity index (χ1v) is 13.9. The standard InChI is InChI=1S/C23H25Cl3N5O5P/c1-4-34-22(32)18-20(27)31(30-21(18)29-11-13-5-8-17(26)28-10-13)37(33)35-12-23(2,3)19(36-37)15-7-6-14(24)9-16(15)25/h5-10,19H,4,11-12,27H2,1-3H3,(H,29,30)/t19-,37-/m0/s1. The second-order valence-corrected chi connectivity index (χ2v) is 12.0. The Kier molecular flexibility index (Phi) is 8.09. The molecule has 1 fully saturated rings. The van der Waals surface area contributed by atoms with Gasteiger partial charge in [0.15, 0.2) is 5.82 Å². The maximum absolute atomic E-state index is 14.1. The quantitative estimate of drug-likeness (QED) is 0.183. The van der Waals surface area contributed by atoms with E-state index >= 15 is 0 Å². The number of carbonyl (C=O) groups is 1. The van der Waals surface area contributed by atoms with Gasteiger partial charge in [0, 0.05) is 33.8 Å². The van der Waals surface area contributed by atoms with Gasteiger partial charge in [0.25, 0.3) is 0 Å². The van der Waals surface area contributed by atoms with Crippen molar-refractivity contribution in [2.45, 2.75) is 33.4 Å². The van der Waals surface area contributed by atoms with Crippen molar-refractivity contribution in [1.29, 1.82) is 0 Å². The molecule has 3 heterocycles. The minimum atomic E-state index is -4.19. The highest BCUT2D eigenvalue weighted by Crippen LogP contribution is 2.63. The minimum Gasteiger partial charge on any atom is -0.462 e. The zero-order valence-corrected chi connectivity index (χ0v) is 23.4. The molecule has 1 aromatic carbocycles. The van der Waals surface area contributed by atoms with Crippen LogP contribution in [0.3, 0.4) is 0 Å². The number of nitrogen functional groups attached to an aromatic ring is 1. The SMILES string of the molecule is CCOC(=O)c1c(NCc2ccc(Cl)nc2)nn([P@]2(=O)OCC(C)(C)[C@H](c3ccc(Cl)cc3Cl)O2)c1N. The molecule has 0 spiro atoms. The molecule has 4 rings (SSSR count). The number of nitrogens with two attached hydrogens (primary N) is 1. The highest BCUT2D eigenvalue weighted by molar-refractivity contribution is 7.52. The highest BCUT2D eigenvalue weighted by Gasteiger charge is 2.49. The lowest BCUT2D eigenvalue weighted by atomic mass is 9.83. The Morgan fingerprint density at radius 2 is 2.05 bits per heavy atom. The number of ether oxygens (including phenoxy) is 1. The largest absolute Gasteiger partial charge is 0.462 e. The van der Waals surface area contributed by atoms with Crippen LogP contribution in [-0.4, -0.2) is 33.7 Å². The molecule has 1 aliphatic heterocycles. The van der Waals surface area contributed by atoms with Gasteiger partial charge in [0.1, 0.15) is 22.6 Å². The van der Waals surface area contributed by atoms with Crippen molar-refractivity contribution >= 4 is 60.2 Å². The first kappa shape index (κ1) is 27.7. The van der Waals surface area contributed by atoms with Crippen molar-refractivity contribution < 1.29 is 23.1 Å². The lowest BCUT2D eigenvalue weighted by Crippen LogP contribution is -2.35. The number of benzene rings is 1. The summed E-state index contributed by atoms with van der Waals surface area (Å²) in [5.74, 6) is -0.942. The van der Waals surface area contributed by atoms with E-state index in [-0.39, 0.29) is 37.0 Å². The molecule has 1 saturated heterocycles. The van der Waals surface area contributed by atoms with Crippen LogP contribution in [0.2, 0.25) is 15.2 Å². The number of rotatable bonds is 7. The average molecular weight is 589 g/mol. The van der Waals surface area contributed by atoms with Crippen LogP contribution in [0.1, 0.15) is 48.4 Å². The number of carbonyl (C=O) groups excluding carboxylic acids is 1. The van der Waals surface area contributed by atoms with Crippen molar-refractivity contribution in [3.63, 3.8) is 0 Å². The summed E-state index contributed by atoms with van der Waals surface area (Å²) in [4.78, 5) is 16.8. The summed E-state index contributed by atoms with van der Waals surface area (Å²) >= 11 is 18.4. The lowest BCUT2D eigenvalue weighted by Gasteiger charge is -2.41. The van der Waals surface area contributed by atoms with Gasteiger partial charge in [-0.15, -0.1) is 9.55 Å². The number of pyridine rings is 1. The van der Waals surface area contributed by atoms with Gasteiger partial charge in [-0.25, -0.2) is 14.3 Å². The van der Waals surface area contributed by atoms with Crippen LogP contribution >= 0.6 is 42.5 Å². The maximum atomic E-state index is 14.1. The second kappa shape index (κ2) is 10.8. The van der Waals surface area contributed by atoms with E-state index in [0.717, 1.165) is 10.0 Å². The molecular weight excluding hydrogens is 564 g/mol. The number of hydrogen-bond acceptors (Lipinski definition) is 9. The van der Waals surface area contributed by atoms with Crippen molar-refractivity contribution in [2.75, 3.05) is 24.3 Å². The van der Waals surface area contributed by atoms with Gasteiger partial charge in [0.05, 0.1) is 13.2 Å². The van der Waals surface area contributed by atoms with Gasteiger partial charge in [-0.05, 0) is 30.7 Å². The Morgan fingerprint density at radius 3 is 2.70 bits per heavy atom. The smallest absolute Gasteiger partial charge is 0.457 e. The molecule has 3 aromatic rings. The third kappa shape index (κ3) is 5.74. The fraction of sp³-hybridized carbons (Fsp3) is 0.348. The van der Waals surface area contributed by atoms with Crippen LogP contribution in [-0.2, 0) is 24.9 Å². The molecule has 1 aliphatic rings. The zero-order chi connectivity index (χ0) is 27.0. The van der Waals surface area contributed by atoms with E-state index in [1.807, 2.05) is 13.8 Å². The average Bonchev–Trinajstić information content (AvgIpc) is 3.18. The summed E-state index contributed by atoms with van der Waals surface area (Å²) in [6.45, 7) is 5.77. The third-order valence-corrected chi connectivity index (χ3v) is 8.14. The number of hydrogen-bond donors (Lipinski definition) is 2. The van der Waals surface area contributed by atoms with Crippen LogP contribution in [0.25, 0.3) is 0 Å². The van der Waals surface area contributed by atoms with E-state index < -0.39 is 25.2 Å². The Hall–Kier alpha value is -2.33. The maximum Gasteiger partial charge on any atom is 0.457 e. The van der Waals surface area contributed by atoms with E-state index in [1.54, 1.807) is 43.5 Å². The van der Waals surface area contributed by atoms with Crippen LogP contribution in [0.4, 0.5) is 11.6 Å². The second-order valence-electron chi connectivity index (χ2n) is 8.94. The predicted molar refractivity (Wildman–Crippen MR) is 142 cm³/mol. The van der Waals surface area contributed by atoms with Crippen LogP contribution in [0.5, 0.6) is 0 Å². The Labute approximate surface area is 228 Å². The van der Waals surface area contributed by atoms with E-state index in [4.69, 9.17) is 54.3 Å². The van der Waals surface area contributed by atoms with Crippen molar-refractivity contribution in [3.8, 4) is 0 Å². The molecule has 198 valence electrons. The van der Waals surface area contributed by atoms with Gasteiger partial charge < -0.3 is 15.8 Å². The molecule has 0 bridgehead atoms. The number of nitrogens with one attached hydrogen (secondary N) is 1. The number of esters is 1. The van der Waals surface area contributed by atoms with Crippen LogP contribution < -0.4 is 11.1 Å². The predicted octanol–water partition coefficient (Wildman–Crippen LogP) is 6.38. The molecule has 0 saturated carbocycles. The highest BCUT2D eigenvalue weighted by atomic mass is 35.5. The number of halogens is 3. The van der Waals surface area contributed by atoms with E-state index in [9.17, 15) is 9.36 Å². The van der Waals surface area contributed by atoms with Gasteiger partial charge in [-0.1, -0.05) is 60.8 Å². The monoisotopic (exact) mass is 587 g/mol. The molecule has 0 unspecified atom stereocenters. The summed E-state index contributed by atoms with van der Waals surface area (Å²) in [5.41, 5.74) is 6.90. The lowest BCUT2D eigenvalue weighted by molar-refractivity contribution is -0.0303. The molecule has 14 heteroatoms. The van der Waals surface area contributed by atoms with Crippen molar-refractivity contribution in [2.24, 2.45) is 5.41 Å². The Bertz CT molecular complexity index is 1370. The minimum absolute atomic E-state index is 0.0289. The van der Waals surface area contributed by atoms with E-state index in [2.05, 4.69) is 15.4 Å².